The Bertz CT molecular complexity index is 1430. The lowest BCUT2D eigenvalue weighted by atomic mass is 9.92. The number of esters is 1. The summed E-state index contributed by atoms with van der Waals surface area (Å²) in [5.41, 5.74) is -0.533. The SMILES string of the molecule is CO[C@H]1O[C@@H]2COC(c3ccccc3)O[C@H]2[C@H](OC(=O)C(C)(Cc2ccc([N+](=O)[O-])cc2)[N+](=O)[O-])[C@H]1OCc1ccccc1. The van der Waals surface area contributed by atoms with Crippen molar-refractivity contribution in [3.63, 3.8) is 0 Å². The molecule has 2 aliphatic rings. The number of ether oxygens (including phenoxy) is 6. The minimum Gasteiger partial charge on any atom is -0.451 e. The number of hydrogen-bond acceptors (Lipinski definition) is 11. The summed E-state index contributed by atoms with van der Waals surface area (Å²) in [4.78, 5) is 35.9. The highest BCUT2D eigenvalue weighted by Gasteiger charge is 2.56. The van der Waals surface area contributed by atoms with Crippen LogP contribution >= 0.6 is 0 Å². The molecule has 2 unspecified atom stereocenters. The molecular weight excluding hydrogens is 576 g/mol. The number of nitrogens with zero attached hydrogens (tertiary/aromatic N) is 2. The van der Waals surface area contributed by atoms with E-state index in [1.807, 2.05) is 60.7 Å². The van der Waals surface area contributed by atoms with Gasteiger partial charge >= 0.3 is 11.5 Å². The lowest BCUT2D eigenvalue weighted by Crippen LogP contribution is -2.65. The van der Waals surface area contributed by atoms with Gasteiger partial charge in [0.15, 0.2) is 18.7 Å². The van der Waals surface area contributed by atoms with Crippen molar-refractivity contribution in [1.82, 2.24) is 0 Å². The molecule has 0 spiro atoms. The maximum atomic E-state index is 13.8. The molecular formula is C31H32N2O11. The van der Waals surface area contributed by atoms with Crippen molar-refractivity contribution in [3.8, 4) is 0 Å². The van der Waals surface area contributed by atoms with Crippen molar-refractivity contribution >= 4 is 11.7 Å². The van der Waals surface area contributed by atoms with E-state index in [-0.39, 0.29) is 25.3 Å². The van der Waals surface area contributed by atoms with Gasteiger partial charge in [0.05, 0.1) is 24.6 Å². The Labute approximate surface area is 252 Å². The second-order valence-electron chi connectivity index (χ2n) is 10.7. The Balaban J connectivity index is 1.45. The van der Waals surface area contributed by atoms with Gasteiger partial charge in [-0.15, -0.1) is 0 Å². The van der Waals surface area contributed by atoms with Crippen LogP contribution in [0, 0.1) is 20.2 Å². The molecule has 0 aliphatic carbocycles. The number of methoxy groups -OCH3 is 1. The van der Waals surface area contributed by atoms with Crippen LogP contribution in [-0.4, -0.2) is 65.8 Å². The van der Waals surface area contributed by atoms with E-state index < -0.39 is 58.4 Å². The van der Waals surface area contributed by atoms with E-state index in [0.717, 1.165) is 18.1 Å². The molecule has 0 saturated carbocycles. The van der Waals surface area contributed by atoms with Crippen molar-refractivity contribution in [3.05, 3.63) is 122 Å². The van der Waals surface area contributed by atoms with Gasteiger partial charge in [-0.2, -0.15) is 0 Å². The molecule has 0 N–H and O–H groups in total. The topological polar surface area (TPSA) is 159 Å². The lowest BCUT2D eigenvalue weighted by Gasteiger charge is -2.48. The molecule has 3 aromatic carbocycles. The third-order valence-electron chi connectivity index (χ3n) is 7.65. The largest absolute Gasteiger partial charge is 0.451 e. The predicted octanol–water partition coefficient (Wildman–Crippen LogP) is 4.16. The summed E-state index contributed by atoms with van der Waals surface area (Å²) >= 11 is 0. The normalized spacial score (nSPS) is 26.1. The van der Waals surface area contributed by atoms with Crippen molar-refractivity contribution in [2.75, 3.05) is 13.7 Å². The van der Waals surface area contributed by atoms with Crippen LogP contribution in [0.5, 0.6) is 0 Å². The summed E-state index contributed by atoms with van der Waals surface area (Å²) < 4.78 is 36.1. The van der Waals surface area contributed by atoms with Crippen LogP contribution in [0.25, 0.3) is 0 Å². The third-order valence-corrected chi connectivity index (χ3v) is 7.65. The summed E-state index contributed by atoms with van der Waals surface area (Å²) in [7, 11) is 1.41. The Hall–Kier alpha value is -4.27. The summed E-state index contributed by atoms with van der Waals surface area (Å²) in [5.74, 6) is -1.14. The Morgan fingerprint density at radius 1 is 0.909 bits per heavy atom. The van der Waals surface area contributed by atoms with Crippen LogP contribution in [0.2, 0.25) is 0 Å². The first-order chi connectivity index (χ1) is 21.2. The second-order valence-corrected chi connectivity index (χ2v) is 10.7. The Morgan fingerprint density at radius 3 is 2.18 bits per heavy atom. The Morgan fingerprint density at radius 2 is 1.57 bits per heavy atom. The molecule has 13 nitrogen and oxygen atoms in total. The van der Waals surface area contributed by atoms with Gasteiger partial charge in [0.1, 0.15) is 18.3 Å². The van der Waals surface area contributed by atoms with Crippen LogP contribution in [0.15, 0.2) is 84.9 Å². The van der Waals surface area contributed by atoms with Gasteiger partial charge in [0, 0.05) is 36.7 Å². The van der Waals surface area contributed by atoms with Crippen LogP contribution in [0.3, 0.4) is 0 Å². The first kappa shape index (κ1) is 31.2. The van der Waals surface area contributed by atoms with Gasteiger partial charge in [0.25, 0.3) is 5.69 Å². The zero-order valence-electron chi connectivity index (χ0n) is 24.1. The number of benzene rings is 3. The smallest absolute Gasteiger partial charge is 0.385 e. The number of non-ortho nitro benzene ring substituents is 1. The van der Waals surface area contributed by atoms with Gasteiger partial charge in [-0.3, -0.25) is 20.2 Å². The molecule has 3 aromatic rings. The number of rotatable bonds is 11. The standard InChI is InChI=1S/C31H32N2O11/c1-31(33(37)38,17-20-13-15-23(16-14-20)32(35)36)30(34)44-26-25-24(19-41-28(43-25)22-11-7-4-8-12-22)42-29(39-2)27(26)40-18-21-9-5-3-6-10-21/h3-16,24-29H,17-19H2,1-2H3/t24-,25-,26+,27-,28?,29+,31?/m1/s1. The van der Waals surface area contributed by atoms with Gasteiger partial charge in [-0.05, 0) is 11.1 Å². The summed E-state index contributed by atoms with van der Waals surface area (Å²) in [6, 6.07) is 23.6. The van der Waals surface area contributed by atoms with Crippen LogP contribution in [0.1, 0.15) is 29.9 Å². The van der Waals surface area contributed by atoms with E-state index >= 15 is 0 Å². The molecule has 7 atom stereocenters. The van der Waals surface area contributed by atoms with Gasteiger partial charge in [-0.1, -0.05) is 72.8 Å². The van der Waals surface area contributed by atoms with Gasteiger partial charge in [-0.25, -0.2) is 4.79 Å². The van der Waals surface area contributed by atoms with Crippen LogP contribution in [-0.2, 0) is 46.2 Å². The summed E-state index contributed by atoms with van der Waals surface area (Å²) in [5, 5.41) is 23.4. The van der Waals surface area contributed by atoms with E-state index in [1.165, 1.54) is 31.4 Å². The average molecular weight is 609 g/mol. The molecule has 0 amide bonds. The van der Waals surface area contributed by atoms with Crippen molar-refractivity contribution < 1.29 is 43.1 Å². The van der Waals surface area contributed by atoms with Crippen LogP contribution < -0.4 is 0 Å². The molecule has 2 aliphatic heterocycles. The van der Waals surface area contributed by atoms with Gasteiger partial charge in [0.2, 0.25) is 0 Å². The molecule has 2 fully saturated rings. The molecule has 5 rings (SSSR count). The number of carbonyl (C=O) groups is 1. The number of nitro benzene ring substituents is 1. The maximum Gasteiger partial charge on any atom is 0.385 e. The van der Waals surface area contributed by atoms with E-state index in [4.69, 9.17) is 28.4 Å². The number of fused-ring (bicyclic) bond motifs is 1. The van der Waals surface area contributed by atoms with E-state index in [0.29, 0.717) is 5.56 Å². The highest BCUT2D eigenvalue weighted by atomic mass is 16.8. The quantitative estimate of drug-likeness (QED) is 0.175. The second kappa shape index (κ2) is 13.6. The Kier molecular flexibility index (Phi) is 9.61. The summed E-state index contributed by atoms with van der Waals surface area (Å²) in [6.45, 7) is 1.33. The fourth-order valence-electron chi connectivity index (χ4n) is 5.19. The van der Waals surface area contributed by atoms with E-state index in [2.05, 4.69) is 0 Å². The molecule has 232 valence electrons. The van der Waals surface area contributed by atoms with Crippen molar-refractivity contribution in [1.29, 1.82) is 0 Å². The van der Waals surface area contributed by atoms with Gasteiger partial charge < -0.3 is 28.4 Å². The zero-order chi connectivity index (χ0) is 31.3. The molecule has 0 bridgehead atoms. The fraction of sp³-hybridized carbons (Fsp3) is 0.387. The molecule has 0 aromatic heterocycles. The number of carbonyl (C=O) groups excluding carboxylic acids is 1. The average Bonchev–Trinajstić information content (AvgIpc) is 3.04. The van der Waals surface area contributed by atoms with E-state index in [9.17, 15) is 25.0 Å². The molecule has 44 heavy (non-hydrogen) atoms. The lowest BCUT2D eigenvalue weighted by molar-refractivity contribution is -0.551. The predicted molar refractivity (Wildman–Crippen MR) is 153 cm³/mol. The molecule has 13 heteroatoms. The molecule has 0 radical (unpaired) electrons. The fourth-order valence-corrected chi connectivity index (χ4v) is 5.19. The maximum absolute atomic E-state index is 13.8. The first-order valence-corrected chi connectivity index (χ1v) is 13.9. The monoisotopic (exact) mass is 608 g/mol. The number of hydrogen-bond donors (Lipinski definition) is 0. The molecule has 2 heterocycles. The van der Waals surface area contributed by atoms with Crippen molar-refractivity contribution in [2.45, 2.75) is 62.5 Å². The highest BCUT2D eigenvalue weighted by molar-refractivity contribution is 5.79. The first-order valence-electron chi connectivity index (χ1n) is 13.9. The minimum atomic E-state index is -2.25. The number of nitro groups is 2. The summed E-state index contributed by atoms with van der Waals surface area (Å²) in [6.07, 6.45) is -6.12. The zero-order valence-corrected chi connectivity index (χ0v) is 24.1. The highest BCUT2D eigenvalue weighted by Crippen LogP contribution is 2.37. The molecule has 2 saturated heterocycles. The van der Waals surface area contributed by atoms with Crippen LogP contribution in [0.4, 0.5) is 5.69 Å². The van der Waals surface area contributed by atoms with Crippen molar-refractivity contribution in [2.24, 2.45) is 0 Å². The van der Waals surface area contributed by atoms with E-state index in [1.54, 1.807) is 0 Å². The minimum absolute atomic E-state index is 0.0683. The third kappa shape index (κ3) is 6.77.